The van der Waals surface area contributed by atoms with E-state index in [0.29, 0.717) is 18.7 Å². The number of ether oxygens (including phenoxy) is 1. The molecule has 0 spiro atoms. The van der Waals surface area contributed by atoms with Gasteiger partial charge in [0.1, 0.15) is 5.69 Å². The number of nitrogens with zero attached hydrogens (tertiary/aromatic N) is 3. The minimum absolute atomic E-state index is 0.0121. The van der Waals surface area contributed by atoms with Gasteiger partial charge < -0.3 is 19.1 Å². The monoisotopic (exact) mass is 445 g/mol. The number of aryl methyl sites for hydroxylation is 1. The highest BCUT2D eigenvalue weighted by molar-refractivity contribution is 5.94. The van der Waals surface area contributed by atoms with Gasteiger partial charge in [-0.3, -0.25) is 4.79 Å². The molecule has 1 amide bonds. The molecule has 2 aliphatic heterocycles. The number of hydrogen-bond acceptors (Lipinski definition) is 5. The number of benzene rings is 2. The number of carbonyl (C=O) groups excluding carboxylic acids is 1. The summed E-state index contributed by atoms with van der Waals surface area (Å²) in [5.74, 6) is 0.804. The first-order valence-electron chi connectivity index (χ1n) is 12.0. The summed E-state index contributed by atoms with van der Waals surface area (Å²) >= 11 is 0. The number of hydrogen-bond donors (Lipinski definition) is 0. The van der Waals surface area contributed by atoms with Gasteiger partial charge in [0.2, 0.25) is 5.88 Å². The lowest BCUT2D eigenvalue weighted by Gasteiger charge is -2.27. The predicted octanol–water partition coefficient (Wildman–Crippen LogP) is 5.07. The van der Waals surface area contributed by atoms with Gasteiger partial charge in [-0.15, -0.1) is 0 Å². The van der Waals surface area contributed by atoms with Gasteiger partial charge in [-0.25, -0.2) is 0 Å². The summed E-state index contributed by atoms with van der Waals surface area (Å²) in [6.07, 6.45) is 4.37. The molecular formula is C27H31N3O3. The summed E-state index contributed by atoms with van der Waals surface area (Å²) < 4.78 is 11.8. The summed E-state index contributed by atoms with van der Waals surface area (Å²) in [6.45, 7) is 5.70. The van der Waals surface area contributed by atoms with Crippen molar-refractivity contribution < 1.29 is 14.1 Å². The molecule has 0 N–H and O–H groups in total. The molecular weight excluding hydrogens is 414 g/mol. The summed E-state index contributed by atoms with van der Waals surface area (Å²) in [5.41, 5.74) is 4.62. The molecule has 2 aliphatic rings. The Bertz CT molecular complexity index is 1070. The van der Waals surface area contributed by atoms with Crippen LogP contribution in [0.1, 0.15) is 47.2 Å². The average Bonchev–Trinajstić information content (AvgIpc) is 3.61. The number of rotatable bonds is 7. The maximum absolute atomic E-state index is 13.7. The molecule has 1 atom stereocenters. The third kappa shape index (κ3) is 4.81. The number of anilines is 1. The van der Waals surface area contributed by atoms with Crippen LogP contribution in [0, 0.1) is 6.92 Å². The van der Waals surface area contributed by atoms with Crippen molar-refractivity contribution in [2.24, 2.45) is 0 Å². The van der Waals surface area contributed by atoms with Crippen molar-refractivity contribution in [1.29, 1.82) is 0 Å². The smallest absolute Gasteiger partial charge is 0.254 e. The zero-order valence-corrected chi connectivity index (χ0v) is 19.2. The van der Waals surface area contributed by atoms with E-state index in [1.165, 1.54) is 0 Å². The number of amides is 1. The average molecular weight is 446 g/mol. The first-order chi connectivity index (χ1) is 16.2. The van der Waals surface area contributed by atoms with E-state index in [4.69, 9.17) is 9.26 Å². The molecule has 2 aromatic carbocycles. The SMILES string of the molecule is Cc1ccc(C(=O)N(Cc2c(-c3ccccc3)noc2N2CCCC2)CC2CCCO2)cc1. The Kier molecular flexibility index (Phi) is 6.44. The third-order valence-corrected chi connectivity index (χ3v) is 6.59. The Morgan fingerprint density at radius 1 is 1.06 bits per heavy atom. The fourth-order valence-corrected chi connectivity index (χ4v) is 4.76. The minimum Gasteiger partial charge on any atom is -0.376 e. The van der Waals surface area contributed by atoms with E-state index in [0.717, 1.165) is 73.6 Å². The second-order valence-corrected chi connectivity index (χ2v) is 9.06. The molecule has 1 aromatic heterocycles. The molecule has 6 nitrogen and oxygen atoms in total. The van der Waals surface area contributed by atoms with Gasteiger partial charge in [0.05, 0.1) is 18.2 Å². The van der Waals surface area contributed by atoms with Gasteiger partial charge in [-0.1, -0.05) is 53.2 Å². The van der Waals surface area contributed by atoms with E-state index in [9.17, 15) is 4.79 Å². The second-order valence-electron chi connectivity index (χ2n) is 9.06. The van der Waals surface area contributed by atoms with Crippen LogP contribution in [-0.2, 0) is 11.3 Å². The van der Waals surface area contributed by atoms with Crippen LogP contribution in [0.2, 0.25) is 0 Å². The zero-order chi connectivity index (χ0) is 22.6. The van der Waals surface area contributed by atoms with E-state index in [1.807, 2.05) is 66.4 Å². The summed E-state index contributed by atoms with van der Waals surface area (Å²) in [7, 11) is 0. The van der Waals surface area contributed by atoms with Crippen molar-refractivity contribution in [2.75, 3.05) is 31.1 Å². The van der Waals surface area contributed by atoms with Gasteiger partial charge >= 0.3 is 0 Å². The molecule has 0 bridgehead atoms. The Morgan fingerprint density at radius 3 is 2.52 bits per heavy atom. The van der Waals surface area contributed by atoms with Crippen LogP contribution in [0.5, 0.6) is 0 Å². The highest BCUT2D eigenvalue weighted by Gasteiger charge is 2.30. The fraction of sp³-hybridized carbons (Fsp3) is 0.407. The van der Waals surface area contributed by atoms with Crippen LogP contribution >= 0.6 is 0 Å². The maximum atomic E-state index is 13.7. The lowest BCUT2D eigenvalue weighted by molar-refractivity contribution is 0.0507. The van der Waals surface area contributed by atoms with Crippen molar-refractivity contribution in [3.05, 3.63) is 71.3 Å². The van der Waals surface area contributed by atoms with Crippen molar-refractivity contribution in [3.8, 4) is 11.3 Å². The van der Waals surface area contributed by atoms with E-state index in [2.05, 4.69) is 10.1 Å². The molecule has 0 saturated carbocycles. The van der Waals surface area contributed by atoms with Crippen molar-refractivity contribution >= 4 is 11.8 Å². The van der Waals surface area contributed by atoms with Gasteiger partial charge in [-0.2, -0.15) is 0 Å². The molecule has 6 heteroatoms. The van der Waals surface area contributed by atoms with Gasteiger partial charge in [0.15, 0.2) is 0 Å². The molecule has 3 aromatic rings. The molecule has 2 saturated heterocycles. The first-order valence-corrected chi connectivity index (χ1v) is 12.0. The van der Waals surface area contributed by atoms with Crippen LogP contribution < -0.4 is 4.90 Å². The minimum atomic E-state index is 0.0121. The van der Waals surface area contributed by atoms with Crippen molar-refractivity contribution in [1.82, 2.24) is 10.1 Å². The lowest BCUT2D eigenvalue weighted by atomic mass is 10.1. The molecule has 2 fully saturated rings. The van der Waals surface area contributed by atoms with Gasteiger partial charge in [0, 0.05) is 37.4 Å². The Morgan fingerprint density at radius 2 is 1.82 bits per heavy atom. The largest absolute Gasteiger partial charge is 0.376 e. The Hall–Kier alpha value is -3.12. The van der Waals surface area contributed by atoms with E-state index in [-0.39, 0.29) is 12.0 Å². The number of aromatic nitrogens is 1. The highest BCUT2D eigenvalue weighted by Crippen LogP contribution is 2.34. The van der Waals surface area contributed by atoms with E-state index in [1.54, 1.807) is 0 Å². The Labute approximate surface area is 195 Å². The van der Waals surface area contributed by atoms with Crippen LogP contribution in [0.25, 0.3) is 11.3 Å². The topological polar surface area (TPSA) is 58.8 Å². The maximum Gasteiger partial charge on any atom is 0.254 e. The lowest BCUT2D eigenvalue weighted by Crippen LogP contribution is -2.37. The summed E-state index contributed by atoms with van der Waals surface area (Å²) in [4.78, 5) is 17.8. The van der Waals surface area contributed by atoms with Crippen molar-refractivity contribution in [3.63, 3.8) is 0 Å². The molecule has 3 heterocycles. The van der Waals surface area contributed by atoms with E-state index >= 15 is 0 Å². The van der Waals surface area contributed by atoms with Crippen molar-refractivity contribution in [2.45, 2.75) is 45.3 Å². The van der Waals surface area contributed by atoms with Crippen LogP contribution in [-0.4, -0.2) is 48.3 Å². The molecule has 5 rings (SSSR count). The van der Waals surface area contributed by atoms with Crippen LogP contribution in [0.3, 0.4) is 0 Å². The molecule has 33 heavy (non-hydrogen) atoms. The summed E-state index contributed by atoms with van der Waals surface area (Å²) in [6, 6.07) is 17.9. The normalized spacial score (nSPS) is 18.1. The fourth-order valence-electron chi connectivity index (χ4n) is 4.76. The van der Waals surface area contributed by atoms with Gasteiger partial charge in [-0.05, 0) is 44.7 Å². The van der Waals surface area contributed by atoms with Gasteiger partial charge in [0.25, 0.3) is 5.91 Å². The molecule has 0 aliphatic carbocycles. The third-order valence-electron chi connectivity index (χ3n) is 6.59. The molecule has 172 valence electrons. The second kappa shape index (κ2) is 9.79. The molecule has 1 unspecified atom stereocenters. The summed E-state index contributed by atoms with van der Waals surface area (Å²) in [5, 5.41) is 4.47. The van der Waals surface area contributed by atoms with E-state index < -0.39 is 0 Å². The highest BCUT2D eigenvalue weighted by atomic mass is 16.5. The predicted molar refractivity (Wildman–Crippen MR) is 128 cm³/mol. The Balaban J connectivity index is 1.51. The van der Waals surface area contributed by atoms with Crippen LogP contribution in [0.4, 0.5) is 5.88 Å². The quantitative estimate of drug-likeness (QED) is 0.508. The zero-order valence-electron chi connectivity index (χ0n) is 19.2. The van der Waals surface area contributed by atoms with Crippen LogP contribution in [0.15, 0.2) is 59.1 Å². The first kappa shape index (κ1) is 21.7. The standard InChI is InChI=1S/C27H31N3O3/c1-20-11-13-22(14-12-20)26(31)30(18-23-10-7-17-32-23)19-24-25(21-8-3-2-4-9-21)28-33-27(24)29-15-5-6-16-29/h2-4,8-9,11-14,23H,5-7,10,15-19H2,1H3. The number of carbonyl (C=O) groups is 1. The molecule has 0 radical (unpaired) electrons.